The van der Waals surface area contributed by atoms with Crippen molar-refractivity contribution >= 4 is 17.7 Å². The molecule has 1 aliphatic heterocycles. The van der Waals surface area contributed by atoms with Crippen molar-refractivity contribution in [2.24, 2.45) is 5.92 Å². The Labute approximate surface area is 204 Å². The zero-order valence-electron chi connectivity index (χ0n) is 19.0. The highest BCUT2D eigenvalue weighted by Gasteiger charge is 2.25. The minimum Gasteiger partial charge on any atom is -0.455 e. The smallest absolute Gasteiger partial charge is 0.289 e. The van der Waals surface area contributed by atoms with Gasteiger partial charge < -0.3 is 9.32 Å². The topological polar surface area (TPSA) is 59.2 Å². The quantitative estimate of drug-likeness (QED) is 0.305. The van der Waals surface area contributed by atoms with Crippen LogP contribution in [0.1, 0.15) is 34.7 Å². The van der Waals surface area contributed by atoms with E-state index in [1.54, 1.807) is 17.8 Å². The first-order valence-electron chi connectivity index (χ1n) is 11.7. The summed E-state index contributed by atoms with van der Waals surface area (Å²) in [4.78, 5) is 14.8. The van der Waals surface area contributed by atoms with E-state index >= 15 is 0 Å². The zero-order valence-corrected chi connectivity index (χ0v) is 19.8. The van der Waals surface area contributed by atoms with Crippen LogP contribution in [-0.2, 0) is 12.2 Å². The van der Waals surface area contributed by atoms with Gasteiger partial charge >= 0.3 is 0 Å². The SMILES string of the molecule is O=C(c1ccc(CSc2ccc(-c3ccccc3)nn2)o1)N1CCC(Cc2ccccc2)CC1. The molecule has 6 heteroatoms. The average molecular weight is 470 g/mol. The Morgan fingerprint density at radius 2 is 1.62 bits per heavy atom. The van der Waals surface area contributed by atoms with Crippen molar-refractivity contribution in [2.75, 3.05) is 13.1 Å². The average Bonchev–Trinajstić information content (AvgIpc) is 3.38. The fraction of sp³-hybridized carbons (Fsp3) is 0.250. The number of hydrogen-bond donors (Lipinski definition) is 0. The molecule has 0 spiro atoms. The van der Waals surface area contributed by atoms with E-state index in [0.717, 1.165) is 54.4 Å². The van der Waals surface area contributed by atoms with Crippen LogP contribution in [0.2, 0.25) is 0 Å². The molecule has 1 saturated heterocycles. The van der Waals surface area contributed by atoms with Gasteiger partial charge in [-0.2, -0.15) is 0 Å². The lowest BCUT2D eigenvalue weighted by Crippen LogP contribution is -2.38. The first kappa shape index (κ1) is 22.4. The summed E-state index contributed by atoms with van der Waals surface area (Å²) in [5.41, 5.74) is 3.27. The molecule has 1 fully saturated rings. The van der Waals surface area contributed by atoms with E-state index in [1.807, 2.05) is 53.4 Å². The third-order valence-electron chi connectivity index (χ3n) is 6.21. The molecule has 2 aromatic carbocycles. The molecule has 5 nitrogen and oxygen atoms in total. The van der Waals surface area contributed by atoms with Crippen LogP contribution in [0.5, 0.6) is 0 Å². The lowest BCUT2D eigenvalue weighted by Gasteiger charge is -2.31. The summed E-state index contributed by atoms with van der Waals surface area (Å²) in [6, 6.07) is 28.2. The summed E-state index contributed by atoms with van der Waals surface area (Å²) >= 11 is 1.55. The normalized spacial score (nSPS) is 14.3. The number of thioether (sulfide) groups is 1. The van der Waals surface area contributed by atoms with Crippen LogP contribution in [0, 0.1) is 5.92 Å². The monoisotopic (exact) mass is 469 g/mol. The highest BCUT2D eigenvalue weighted by molar-refractivity contribution is 7.98. The Balaban J connectivity index is 1.11. The van der Waals surface area contributed by atoms with Crippen molar-refractivity contribution in [2.45, 2.75) is 30.0 Å². The molecule has 0 saturated carbocycles. The molecule has 1 amide bonds. The number of nitrogens with zero attached hydrogens (tertiary/aromatic N) is 3. The minimum absolute atomic E-state index is 0.0126. The number of benzene rings is 2. The summed E-state index contributed by atoms with van der Waals surface area (Å²) < 4.78 is 5.88. The molecular weight excluding hydrogens is 442 g/mol. The number of aromatic nitrogens is 2. The molecule has 0 atom stereocenters. The lowest BCUT2D eigenvalue weighted by atomic mass is 9.90. The van der Waals surface area contributed by atoms with Crippen LogP contribution in [-0.4, -0.2) is 34.1 Å². The van der Waals surface area contributed by atoms with E-state index in [2.05, 4.69) is 40.5 Å². The molecule has 0 N–H and O–H groups in total. The van der Waals surface area contributed by atoms with Crippen LogP contribution in [0.25, 0.3) is 11.3 Å². The Hall–Kier alpha value is -3.38. The van der Waals surface area contributed by atoms with Gasteiger partial charge in [-0.25, -0.2) is 0 Å². The van der Waals surface area contributed by atoms with E-state index in [4.69, 9.17) is 4.42 Å². The molecule has 0 bridgehead atoms. The van der Waals surface area contributed by atoms with E-state index in [9.17, 15) is 4.79 Å². The largest absolute Gasteiger partial charge is 0.455 e. The highest BCUT2D eigenvalue weighted by Crippen LogP contribution is 2.26. The number of likely N-dealkylation sites (tertiary alicyclic amines) is 1. The third kappa shape index (κ3) is 5.57. The van der Waals surface area contributed by atoms with Crippen molar-refractivity contribution < 1.29 is 9.21 Å². The number of hydrogen-bond acceptors (Lipinski definition) is 5. The summed E-state index contributed by atoms with van der Waals surface area (Å²) in [6.07, 6.45) is 3.14. The van der Waals surface area contributed by atoms with Crippen LogP contribution in [0.3, 0.4) is 0 Å². The highest BCUT2D eigenvalue weighted by atomic mass is 32.2. The van der Waals surface area contributed by atoms with Crippen molar-refractivity contribution in [3.05, 3.63) is 102 Å². The third-order valence-corrected chi connectivity index (χ3v) is 7.16. The Morgan fingerprint density at radius 3 is 2.32 bits per heavy atom. The number of furan rings is 1. The molecule has 0 radical (unpaired) electrons. The van der Waals surface area contributed by atoms with Gasteiger partial charge in [-0.1, -0.05) is 72.4 Å². The van der Waals surface area contributed by atoms with Gasteiger partial charge in [0.25, 0.3) is 5.91 Å². The predicted molar refractivity (Wildman–Crippen MR) is 135 cm³/mol. The Bertz CT molecular complexity index is 1200. The maximum atomic E-state index is 12.9. The predicted octanol–water partition coefficient (Wildman–Crippen LogP) is 6.12. The maximum absolute atomic E-state index is 12.9. The van der Waals surface area contributed by atoms with Crippen molar-refractivity contribution in [1.29, 1.82) is 0 Å². The molecule has 2 aromatic heterocycles. The molecule has 4 aromatic rings. The summed E-state index contributed by atoms with van der Waals surface area (Å²) in [6.45, 7) is 1.56. The van der Waals surface area contributed by atoms with Gasteiger partial charge in [0, 0.05) is 18.7 Å². The number of rotatable bonds is 7. The van der Waals surface area contributed by atoms with Gasteiger partial charge in [-0.05, 0) is 55.0 Å². The molecule has 172 valence electrons. The summed E-state index contributed by atoms with van der Waals surface area (Å²) in [7, 11) is 0. The molecule has 0 aliphatic carbocycles. The van der Waals surface area contributed by atoms with Gasteiger partial charge in [0.15, 0.2) is 5.76 Å². The van der Waals surface area contributed by atoms with E-state index < -0.39 is 0 Å². The van der Waals surface area contributed by atoms with Gasteiger partial charge in [-0.3, -0.25) is 4.79 Å². The van der Waals surface area contributed by atoms with Gasteiger partial charge in [0.1, 0.15) is 10.8 Å². The maximum Gasteiger partial charge on any atom is 0.289 e. The number of amides is 1. The molecular formula is C28H27N3O2S. The molecule has 0 unspecified atom stereocenters. The molecule has 3 heterocycles. The van der Waals surface area contributed by atoms with Gasteiger partial charge in [0.05, 0.1) is 11.4 Å². The lowest BCUT2D eigenvalue weighted by molar-refractivity contribution is 0.0657. The van der Waals surface area contributed by atoms with Crippen molar-refractivity contribution in [3.8, 4) is 11.3 Å². The van der Waals surface area contributed by atoms with Crippen molar-refractivity contribution in [3.63, 3.8) is 0 Å². The van der Waals surface area contributed by atoms with Crippen molar-refractivity contribution in [1.82, 2.24) is 15.1 Å². The summed E-state index contributed by atoms with van der Waals surface area (Å²) in [5, 5.41) is 9.47. The standard InChI is InChI=1S/C28H27N3O2S/c32-28(31-17-15-22(16-18-31)19-21-7-3-1-4-8-21)26-13-11-24(33-26)20-34-27-14-12-25(29-30-27)23-9-5-2-6-10-23/h1-14,22H,15-20H2. The van der Waals surface area contributed by atoms with Crippen LogP contribution >= 0.6 is 11.8 Å². The van der Waals surface area contributed by atoms with E-state index in [1.165, 1.54) is 5.56 Å². The molecule has 5 rings (SSSR count). The second-order valence-corrected chi connectivity index (χ2v) is 9.60. The van der Waals surface area contributed by atoms with Crippen LogP contribution < -0.4 is 0 Å². The first-order chi connectivity index (χ1) is 16.7. The fourth-order valence-corrected chi connectivity index (χ4v) is 5.03. The van der Waals surface area contributed by atoms with E-state index in [-0.39, 0.29) is 5.91 Å². The molecule has 1 aliphatic rings. The zero-order chi connectivity index (χ0) is 23.2. The fourth-order valence-electron chi connectivity index (χ4n) is 4.32. The Kier molecular flexibility index (Phi) is 7.05. The summed E-state index contributed by atoms with van der Waals surface area (Å²) in [5.74, 6) is 2.40. The minimum atomic E-state index is -0.0126. The number of carbonyl (C=O) groups excluding carboxylic acids is 1. The Morgan fingerprint density at radius 1 is 0.882 bits per heavy atom. The van der Waals surface area contributed by atoms with E-state index in [0.29, 0.717) is 17.4 Å². The first-order valence-corrected chi connectivity index (χ1v) is 12.7. The van der Waals surface area contributed by atoms with Gasteiger partial charge in [-0.15, -0.1) is 10.2 Å². The second-order valence-electron chi connectivity index (χ2n) is 8.60. The van der Waals surface area contributed by atoms with Crippen LogP contribution in [0.15, 0.2) is 94.4 Å². The second kappa shape index (κ2) is 10.7. The number of carbonyl (C=O) groups is 1. The van der Waals surface area contributed by atoms with Crippen LogP contribution in [0.4, 0.5) is 0 Å². The number of piperidine rings is 1. The molecule has 34 heavy (non-hydrogen) atoms. The van der Waals surface area contributed by atoms with Gasteiger partial charge in [0.2, 0.25) is 0 Å².